The first-order chi connectivity index (χ1) is 8.52. The average Bonchev–Trinajstić information content (AvgIpc) is 2.31. The van der Waals surface area contributed by atoms with Gasteiger partial charge in [0, 0.05) is 19.7 Å². The number of carbonyl (C=O) groups excluding carboxylic acids is 2. The summed E-state index contributed by atoms with van der Waals surface area (Å²) in [7, 11) is 1.39. The Morgan fingerprint density at radius 1 is 1.56 bits per heavy atom. The van der Waals surface area contributed by atoms with Crippen LogP contribution in [0.2, 0.25) is 5.15 Å². The first-order valence-electron chi connectivity index (χ1n) is 5.21. The molecule has 0 radical (unpaired) electrons. The Kier molecular flexibility index (Phi) is 5.54. The van der Waals surface area contributed by atoms with E-state index in [0.717, 1.165) is 5.56 Å². The minimum Gasteiger partial charge on any atom is -0.375 e. The Balaban J connectivity index is 2.65. The van der Waals surface area contributed by atoms with Gasteiger partial charge in [-0.3, -0.25) is 9.59 Å². The van der Waals surface area contributed by atoms with Crippen molar-refractivity contribution in [2.24, 2.45) is 5.73 Å². The molecule has 0 spiro atoms. The largest absolute Gasteiger partial charge is 0.375 e. The van der Waals surface area contributed by atoms with E-state index in [0.29, 0.717) is 5.15 Å². The number of hydrogen-bond acceptors (Lipinski definition) is 4. The number of amides is 2. The van der Waals surface area contributed by atoms with Crippen LogP contribution in [0.4, 0.5) is 0 Å². The van der Waals surface area contributed by atoms with Crippen molar-refractivity contribution in [1.82, 2.24) is 10.3 Å². The van der Waals surface area contributed by atoms with Gasteiger partial charge in [0.2, 0.25) is 11.8 Å². The summed E-state index contributed by atoms with van der Waals surface area (Å²) in [6.07, 6.45) is 1.79. The van der Waals surface area contributed by atoms with Gasteiger partial charge in [0.25, 0.3) is 0 Å². The maximum absolute atomic E-state index is 11.3. The van der Waals surface area contributed by atoms with Crippen molar-refractivity contribution in [3.8, 4) is 0 Å². The average molecular weight is 272 g/mol. The molecule has 0 aromatic carbocycles. The van der Waals surface area contributed by atoms with Gasteiger partial charge in [-0.25, -0.2) is 4.98 Å². The van der Waals surface area contributed by atoms with Crippen LogP contribution in [0.3, 0.4) is 0 Å². The summed E-state index contributed by atoms with van der Waals surface area (Å²) in [5, 5.41) is 2.84. The van der Waals surface area contributed by atoms with Gasteiger partial charge in [0.1, 0.15) is 17.8 Å². The fraction of sp³-hybridized carbons (Fsp3) is 0.364. The Bertz CT molecular complexity index is 422. The topological polar surface area (TPSA) is 94.3 Å². The molecular weight excluding hydrogens is 258 g/mol. The molecule has 1 heterocycles. The van der Waals surface area contributed by atoms with Crippen LogP contribution >= 0.6 is 11.6 Å². The van der Waals surface area contributed by atoms with E-state index in [1.165, 1.54) is 13.3 Å². The molecule has 0 saturated carbocycles. The fourth-order valence-electron chi connectivity index (χ4n) is 1.35. The van der Waals surface area contributed by atoms with Crippen LogP contribution in [0.1, 0.15) is 5.56 Å². The van der Waals surface area contributed by atoms with Crippen molar-refractivity contribution in [3.63, 3.8) is 0 Å². The molecule has 0 aliphatic carbocycles. The van der Waals surface area contributed by atoms with Crippen molar-refractivity contribution in [3.05, 3.63) is 29.0 Å². The van der Waals surface area contributed by atoms with Gasteiger partial charge >= 0.3 is 0 Å². The first-order valence-corrected chi connectivity index (χ1v) is 5.58. The third-order valence-electron chi connectivity index (χ3n) is 2.18. The summed E-state index contributed by atoms with van der Waals surface area (Å²) >= 11 is 5.65. The smallest absolute Gasteiger partial charge is 0.246 e. The van der Waals surface area contributed by atoms with Crippen molar-refractivity contribution < 1.29 is 14.3 Å². The van der Waals surface area contributed by atoms with Crippen molar-refractivity contribution >= 4 is 23.4 Å². The molecule has 1 rings (SSSR count). The molecule has 3 N–H and O–H groups in total. The van der Waals surface area contributed by atoms with E-state index >= 15 is 0 Å². The van der Waals surface area contributed by atoms with Crippen LogP contribution in [0.5, 0.6) is 0 Å². The summed E-state index contributed by atoms with van der Waals surface area (Å²) in [5.41, 5.74) is 5.97. The van der Waals surface area contributed by atoms with Gasteiger partial charge in [-0.05, 0) is 11.6 Å². The van der Waals surface area contributed by atoms with Gasteiger partial charge in [-0.2, -0.15) is 0 Å². The van der Waals surface area contributed by atoms with Crippen LogP contribution in [0, 0.1) is 0 Å². The SMILES string of the molecule is COCC(=O)N[C@H](Cc1ccc(Cl)nc1)C(N)=O. The van der Waals surface area contributed by atoms with Crippen molar-refractivity contribution in [1.29, 1.82) is 0 Å². The monoisotopic (exact) mass is 271 g/mol. The van der Waals surface area contributed by atoms with E-state index in [-0.39, 0.29) is 13.0 Å². The molecule has 0 fully saturated rings. The quantitative estimate of drug-likeness (QED) is 0.706. The van der Waals surface area contributed by atoms with Crippen molar-refractivity contribution in [2.75, 3.05) is 13.7 Å². The standard InChI is InChI=1S/C11H14ClN3O3/c1-18-6-10(16)15-8(11(13)17)4-7-2-3-9(12)14-5-7/h2-3,5,8H,4,6H2,1H3,(H2,13,17)(H,15,16)/t8-/m1/s1. The number of ether oxygens (including phenoxy) is 1. The molecule has 0 aliphatic heterocycles. The normalized spacial score (nSPS) is 11.9. The number of nitrogens with zero attached hydrogens (tertiary/aromatic N) is 1. The Hall–Kier alpha value is -1.66. The summed E-state index contributed by atoms with van der Waals surface area (Å²) in [5.74, 6) is -1.02. The molecule has 7 heteroatoms. The zero-order valence-corrected chi connectivity index (χ0v) is 10.6. The first kappa shape index (κ1) is 14.4. The van der Waals surface area contributed by atoms with Crippen LogP contribution < -0.4 is 11.1 Å². The third-order valence-corrected chi connectivity index (χ3v) is 2.41. The highest BCUT2D eigenvalue weighted by molar-refractivity contribution is 6.29. The van der Waals surface area contributed by atoms with Crippen LogP contribution in [-0.4, -0.2) is 36.6 Å². The van der Waals surface area contributed by atoms with Crippen molar-refractivity contribution in [2.45, 2.75) is 12.5 Å². The molecule has 18 heavy (non-hydrogen) atoms. The second-order valence-electron chi connectivity index (χ2n) is 3.65. The maximum atomic E-state index is 11.3. The number of nitrogens with one attached hydrogen (secondary N) is 1. The predicted octanol–water partition coefficient (Wildman–Crippen LogP) is -0.106. The number of halogens is 1. The summed E-state index contributed by atoms with van der Waals surface area (Å²) in [4.78, 5) is 26.4. The highest BCUT2D eigenvalue weighted by Gasteiger charge is 2.18. The van der Waals surface area contributed by atoms with Gasteiger partial charge in [0.05, 0.1) is 0 Å². The molecule has 98 valence electrons. The molecule has 0 aliphatic rings. The lowest BCUT2D eigenvalue weighted by Crippen LogP contribution is -2.47. The third kappa shape index (κ3) is 4.68. The molecular formula is C11H14ClN3O3. The highest BCUT2D eigenvalue weighted by Crippen LogP contribution is 2.07. The number of methoxy groups -OCH3 is 1. The van der Waals surface area contributed by atoms with Gasteiger partial charge in [0.15, 0.2) is 0 Å². The number of primary amides is 1. The van der Waals surface area contributed by atoms with E-state index in [1.54, 1.807) is 12.1 Å². The van der Waals surface area contributed by atoms with Crippen LogP contribution in [-0.2, 0) is 20.7 Å². The second kappa shape index (κ2) is 6.93. The Morgan fingerprint density at radius 2 is 2.28 bits per heavy atom. The number of rotatable bonds is 6. The Morgan fingerprint density at radius 3 is 2.78 bits per heavy atom. The molecule has 1 atom stereocenters. The zero-order chi connectivity index (χ0) is 13.5. The van der Waals surface area contributed by atoms with E-state index < -0.39 is 17.9 Å². The lowest BCUT2D eigenvalue weighted by Gasteiger charge is -2.15. The number of nitrogens with two attached hydrogens (primary N) is 1. The maximum Gasteiger partial charge on any atom is 0.246 e. The number of hydrogen-bond donors (Lipinski definition) is 2. The molecule has 0 saturated heterocycles. The molecule has 0 bridgehead atoms. The lowest BCUT2D eigenvalue weighted by atomic mass is 10.1. The minimum absolute atomic E-state index is 0.122. The van der Waals surface area contributed by atoms with Gasteiger partial charge in [-0.15, -0.1) is 0 Å². The van der Waals surface area contributed by atoms with Gasteiger partial charge < -0.3 is 15.8 Å². The fourth-order valence-corrected chi connectivity index (χ4v) is 1.46. The molecule has 1 aromatic rings. The molecule has 1 aromatic heterocycles. The predicted molar refractivity (Wildman–Crippen MR) is 66.0 cm³/mol. The summed E-state index contributed by atoms with van der Waals surface area (Å²) in [6, 6.07) is 2.52. The lowest BCUT2D eigenvalue weighted by molar-refractivity contribution is -0.129. The molecule has 6 nitrogen and oxygen atoms in total. The van der Waals surface area contributed by atoms with E-state index in [2.05, 4.69) is 15.0 Å². The van der Waals surface area contributed by atoms with E-state index in [1.807, 2.05) is 0 Å². The van der Waals surface area contributed by atoms with Crippen LogP contribution in [0.15, 0.2) is 18.3 Å². The van der Waals surface area contributed by atoms with E-state index in [4.69, 9.17) is 17.3 Å². The van der Waals surface area contributed by atoms with Gasteiger partial charge in [-0.1, -0.05) is 17.7 Å². The highest BCUT2D eigenvalue weighted by atomic mass is 35.5. The van der Waals surface area contributed by atoms with E-state index in [9.17, 15) is 9.59 Å². The number of carbonyl (C=O) groups is 2. The summed E-state index contributed by atoms with van der Waals surface area (Å²) in [6.45, 7) is -0.122. The second-order valence-corrected chi connectivity index (χ2v) is 4.04. The Labute approximate surface area is 109 Å². The minimum atomic E-state index is -0.796. The number of pyridine rings is 1. The van der Waals surface area contributed by atoms with Crippen LogP contribution in [0.25, 0.3) is 0 Å². The number of aromatic nitrogens is 1. The molecule has 0 unspecified atom stereocenters. The molecule has 2 amide bonds. The summed E-state index contributed by atoms with van der Waals surface area (Å²) < 4.78 is 4.66. The zero-order valence-electron chi connectivity index (χ0n) is 9.85.